The highest BCUT2D eigenvalue weighted by molar-refractivity contribution is 5.79. The lowest BCUT2D eigenvalue weighted by atomic mass is 10.0. The summed E-state index contributed by atoms with van der Waals surface area (Å²) in [5.41, 5.74) is 4.99. The molecule has 1 aliphatic heterocycles. The van der Waals surface area contributed by atoms with Gasteiger partial charge in [0.1, 0.15) is 6.33 Å². The first kappa shape index (κ1) is 14.4. The molecular weight excluding hydrogens is 286 g/mol. The average Bonchev–Trinajstić information content (AvgIpc) is 3.24. The molecule has 1 aromatic carbocycles. The third-order valence-electron chi connectivity index (χ3n) is 5.04. The van der Waals surface area contributed by atoms with Gasteiger partial charge in [0.05, 0.1) is 18.2 Å². The van der Waals surface area contributed by atoms with E-state index in [4.69, 9.17) is 0 Å². The lowest BCUT2D eigenvalue weighted by Crippen LogP contribution is -2.32. The average molecular weight is 307 g/mol. The first-order valence-electron chi connectivity index (χ1n) is 8.47. The van der Waals surface area contributed by atoms with E-state index in [1.807, 2.05) is 11.0 Å². The molecule has 0 spiro atoms. The summed E-state index contributed by atoms with van der Waals surface area (Å²) in [5, 5.41) is 0. The van der Waals surface area contributed by atoms with Crippen molar-refractivity contribution in [3.8, 4) is 0 Å². The van der Waals surface area contributed by atoms with Crippen molar-refractivity contribution in [1.82, 2.24) is 14.9 Å². The molecule has 4 heteroatoms. The minimum Gasteiger partial charge on any atom is -0.334 e. The third-order valence-corrected chi connectivity index (χ3v) is 5.04. The summed E-state index contributed by atoms with van der Waals surface area (Å²) in [6.07, 6.45) is 9.44. The van der Waals surface area contributed by atoms with Gasteiger partial charge in [0.15, 0.2) is 0 Å². The van der Waals surface area contributed by atoms with Gasteiger partial charge in [-0.2, -0.15) is 0 Å². The number of fused-ring (bicyclic) bond motifs is 1. The summed E-state index contributed by atoms with van der Waals surface area (Å²) in [6, 6.07) is 8.59. The van der Waals surface area contributed by atoms with Crippen LogP contribution in [0.4, 0.5) is 0 Å². The van der Waals surface area contributed by atoms with Gasteiger partial charge in [-0.15, -0.1) is 0 Å². The number of likely N-dealkylation sites (tertiary alicyclic amines) is 1. The summed E-state index contributed by atoms with van der Waals surface area (Å²) >= 11 is 0. The first-order valence-corrected chi connectivity index (χ1v) is 8.47. The van der Waals surface area contributed by atoms with Gasteiger partial charge in [0, 0.05) is 12.7 Å². The summed E-state index contributed by atoms with van der Waals surface area (Å²) in [7, 11) is 0. The standard InChI is InChI=1S/C19H21N3O/c23-19(12-14-6-7-15-3-1-4-16(15)11-14)22-10-2-5-18(22)17-8-9-20-13-21-17/h6-9,11,13,18H,1-5,10,12H2/t18-/m1/s1. The Hall–Kier alpha value is -2.23. The number of carbonyl (C=O) groups is 1. The molecular formula is C19H21N3O. The molecule has 1 atom stereocenters. The van der Waals surface area contributed by atoms with Crippen molar-refractivity contribution in [2.45, 2.75) is 44.6 Å². The van der Waals surface area contributed by atoms with Gasteiger partial charge in [0.25, 0.3) is 0 Å². The fourth-order valence-corrected chi connectivity index (χ4v) is 3.88. The predicted molar refractivity (Wildman–Crippen MR) is 87.9 cm³/mol. The van der Waals surface area contributed by atoms with Crippen molar-refractivity contribution in [1.29, 1.82) is 0 Å². The normalized spacial score (nSPS) is 19.8. The van der Waals surface area contributed by atoms with Gasteiger partial charge in [-0.3, -0.25) is 4.79 Å². The van der Waals surface area contributed by atoms with Crippen molar-refractivity contribution >= 4 is 5.91 Å². The first-order chi connectivity index (χ1) is 11.3. The van der Waals surface area contributed by atoms with E-state index in [0.29, 0.717) is 6.42 Å². The number of amides is 1. The van der Waals surface area contributed by atoms with Crippen LogP contribution < -0.4 is 0 Å². The Kier molecular flexibility index (Phi) is 3.82. The number of aryl methyl sites for hydroxylation is 2. The van der Waals surface area contributed by atoms with E-state index < -0.39 is 0 Å². The van der Waals surface area contributed by atoms with Crippen LogP contribution in [0.15, 0.2) is 36.8 Å². The molecule has 118 valence electrons. The zero-order valence-electron chi connectivity index (χ0n) is 13.2. The van der Waals surface area contributed by atoms with E-state index >= 15 is 0 Å². The third kappa shape index (κ3) is 2.85. The highest BCUT2D eigenvalue weighted by Crippen LogP contribution is 2.31. The Morgan fingerprint density at radius 1 is 1.17 bits per heavy atom. The molecule has 2 aliphatic rings. The highest BCUT2D eigenvalue weighted by atomic mass is 16.2. The number of rotatable bonds is 3. The van der Waals surface area contributed by atoms with Gasteiger partial charge in [-0.1, -0.05) is 18.2 Å². The monoisotopic (exact) mass is 307 g/mol. The molecule has 1 fully saturated rings. The van der Waals surface area contributed by atoms with E-state index in [9.17, 15) is 4.79 Å². The second-order valence-electron chi connectivity index (χ2n) is 6.51. The maximum absolute atomic E-state index is 12.8. The Balaban J connectivity index is 1.50. The number of nitrogens with zero attached hydrogens (tertiary/aromatic N) is 3. The smallest absolute Gasteiger partial charge is 0.227 e. The molecule has 2 aromatic rings. The summed E-state index contributed by atoms with van der Waals surface area (Å²) < 4.78 is 0. The topological polar surface area (TPSA) is 46.1 Å². The summed E-state index contributed by atoms with van der Waals surface area (Å²) in [6.45, 7) is 0.832. The largest absolute Gasteiger partial charge is 0.334 e. The molecule has 4 rings (SSSR count). The predicted octanol–water partition coefficient (Wildman–Crippen LogP) is 2.87. The van der Waals surface area contributed by atoms with Gasteiger partial charge < -0.3 is 4.90 Å². The Bertz CT molecular complexity index is 714. The van der Waals surface area contributed by atoms with E-state index in [2.05, 4.69) is 28.2 Å². The zero-order valence-corrected chi connectivity index (χ0v) is 13.2. The van der Waals surface area contributed by atoms with E-state index in [1.54, 1.807) is 12.5 Å². The molecule has 1 saturated heterocycles. The van der Waals surface area contributed by atoms with E-state index in [0.717, 1.165) is 37.1 Å². The maximum atomic E-state index is 12.8. The molecule has 23 heavy (non-hydrogen) atoms. The zero-order chi connectivity index (χ0) is 15.6. The molecule has 0 unspecified atom stereocenters. The summed E-state index contributed by atoms with van der Waals surface area (Å²) in [4.78, 5) is 23.1. The van der Waals surface area contributed by atoms with Crippen LogP contribution in [-0.2, 0) is 24.1 Å². The van der Waals surface area contributed by atoms with Crippen LogP contribution in [0.3, 0.4) is 0 Å². The SMILES string of the molecule is O=C(Cc1ccc2c(c1)CCC2)N1CCC[C@@H]1c1ccncn1. The molecule has 0 bridgehead atoms. The van der Waals surface area contributed by atoms with Crippen LogP contribution in [-0.4, -0.2) is 27.3 Å². The fraction of sp³-hybridized carbons (Fsp3) is 0.421. The van der Waals surface area contributed by atoms with Gasteiger partial charge in [0.2, 0.25) is 5.91 Å². The minimum absolute atomic E-state index is 0.111. The molecule has 2 heterocycles. The molecule has 0 N–H and O–H groups in total. The van der Waals surface area contributed by atoms with Crippen LogP contribution in [0.5, 0.6) is 0 Å². The molecule has 1 aromatic heterocycles. The second-order valence-corrected chi connectivity index (χ2v) is 6.51. The van der Waals surface area contributed by atoms with Crippen LogP contribution in [0.1, 0.15) is 47.7 Å². The second kappa shape index (κ2) is 6.11. The lowest BCUT2D eigenvalue weighted by molar-refractivity contribution is -0.131. The highest BCUT2D eigenvalue weighted by Gasteiger charge is 2.30. The maximum Gasteiger partial charge on any atom is 0.227 e. The number of aromatic nitrogens is 2. The summed E-state index contributed by atoms with van der Waals surface area (Å²) in [5.74, 6) is 0.212. The van der Waals surface area contributed by atoms with Crippen LogP contribution in [0.2, 0.25) is 0 Å². The van der Waals surface area contributed by atoms with Crippen molar-refractivity contribution < 1.29 is 4.79 Å². The van der Waals surface area contributed by atoms with E-state index in [-0.39, 0.29) is 11.9 Å². The quantitative estimate of drug-likeness (QED) is 0.876. The van der Waals surface area contributed by atoms with Gasteiger partial charge in [-0.25, -0.2) is 9.97 Å². The van der Waals surface area contributed by atoms with Crippen LogP contribution in [0, 0.1) is 0 Å². The van der Waals surface area contributed by atoms with Crippen molar-refractivity contribution in [2.24, 2.45) is 0 Å². The molecule has 1 amide bonds. The molecule has 0 saturated carbocycles. The number of benzene rings is 1. The Labute approximate surface area is 136 Å². The van der Waals surface area contributed by atoms with Crippen molar-refractivity contribution in [2.75, 3.05) is 6.54 Å². The molecule has 0 radical (unpaired) electrons. The molecule has 4 nitrogen and oxygen atoms in total. The molecule has 1 aliphatic carbocycles. The Morgan fingerprint density at radius 3 is 2.96 bits per heavy atom. The van der Waals surface area contributed by atoms with E-state index in [1.165, 1.54) is 24.0 Å². The number of hydrogen-bond donors (Lipinski definition) is 0. The Morgan fingerprint density at radius 2 is 2.09 bits per heavy atom. The fourth-order valence-electron chi connectivity index (χ4n) is 3.88. The van der Waals surface area contributed by atoms with Gasteiger partial charge in [-0.05, 0) is 54.9 Å². The lowest BCUT2D eigenvalue weighted by Gasteiger charge is -2.24. The van der Waals surface area contributed by atoms with Crippen molar-refractivity contribution in [3.63, 3.8) is 0 Å². The minimum atomic E-state index is 0.111. The van der Waals surface area contributed by atoms with Gasteiger partial charge >= 0.3 is 0 Å². The van der Waals surface area contributed by atoms with Crippen molar-refractivity contribution in [3.05, 3.63) is 59.2 Å². The number of carbonyl (C=O) groups excluding carboxylic acids is 1. The van der Waals surface area contributed by atoms with Crippen LogP contribution in [0.25, 0.3) is 0 Å². The number of hydrogen-bond acceptors (Lipinski definition) is 3. The van der Waals surface area contributed by atoms with Crippen LogP contribution >= 0.6 is 0 Å².